The standard InChI is InChI=1S/C21H30N4O4/c1-5-11-25(28-12-10-23-20(27)29-21(2,3)4)19(26)16-13-15-8-6-7-9-17(15)24-18(22)14-16/h6-9,13H,5,10-12,14H2,1-4H3,(H2,22,24)(H,23,27). The lowest BCUT2D eigenvalue weighted by Gasteiger charge is -2.23. The van der Waals surface area contributed by atoms with Crippen LogP contribution in [0.15, 0.2) is 34.8 Å². The summed E-state index contributed by atoms with van der Waals surface area (Å²) < 4.78 is 5.17. The highest BCUT2D eigenvalue weighted by atomic mass is 16.7. The molecule has 29 heavy (non-hydrogen) atoms. The van der Waals surface area contributed by atoms with Gasteiger partial charge in [0.15, 0.2) is 0 Å². The summed E-state index contributed by atoms with van der Waals surface area (Å²) in [6.45, 7) is 8.10. The second kappa shape index (κ2) is 10.1. The zero-order valence-electron chi connectivity index (χ0n) is 17.5. The highest BCUT2D eigenvalue weighted by Gasteiger charge is 2.22. The second-order valence-electron chi connectivity index (χ2n) is 7.68. The van der Waals surface area contributed by atoms with E-state index in [9.17, 15) is 9.59 Å². The quantitative estimate of drug-likeness (QED) is 0.538. The Hall–Kier alpha value is -2.87. The first kappa shape index (κ1) is 22.4. The first-order valence-electron chi connectivity index (χ1n) is 9.74. The predicted octanol–water partition coefficient (Wildman–Crippen LogP) is 3.16. The van der Waals surface area contributed by atoms with Crippen molar-refractivity contribution in [2.45, 2.75) is 46.1 Å². The number of hydrogen-bond acceptors (Lipinski definition) is 6. The summed E-state index contributed by atoms with van der Waals surface area (Å²) in [5, 5.41) is 3.92. The number of aliphatic imine (C=N–C) groups is 1. The third kappa shape index (κ3) is 7.23. The van der Waals surface area contributed by atoms with E-state index in [0.717, 1.165) is 17.7 Å². The number of amidine groups is 1. The van der Waals surface area contributed by atoms with Gasteiger partial charge in [0.2, 0.25) is 0 Å². The molecule has 0 spiro atoms. The Morgan fingerprint density at radius 3 is 2.69 bits per heavy atom. The molecule has 1 aliphatic rings. The van der Waals surface area contributed by atoms with Crippen molar-refractivity contribution in [1.29, 1.82) is 0 Å². The molecule has 0 aliphatic carbocycles. The molecule has 1 aromatic carbocycles. The van der Waals surface area contributed by atoms with Gasteiger partial charge in [0.25, 0.3) is 5.91 Å². The minimum atomic E-state index is -0.571. The van der Waals surface area contributed by atoms with Crippen LogP contribution in [0.25, 0.3) is 6.08 Å². The average molecular weight is 402 g/mol. The highest BCUT2D eigenvalue weighted by molar-refractivity contribution is 6.05. The molecule has 0 saturated carbocycles. The largest absolute Gasteiger partial charge is 0.444 e. The maximum absolute atomic E-state index is 13.0. The molecule has 0 aromatic heterocycles. The molecule has 1 aromatic rings. The molecular weight excluding hydrogens is 372 g/mol. The highest BCUT2D eigenvalue weighted by Crippen LogP contribution is 2.26. The lowest BCUT2D eigenvalue weighted by atomic mass is 10.1. The second-order valence-corrected chi connectivity index (χ2v) is 7.68. The number of fused-ring (bicyclic) bond motifs is 1. The Morgan fingerprint density at radius 1 is 1.28 bits per heavy atom. The van der Waals surface area contributed by atoms with Crippen LogP contribution < -0.4 is 11.1 Å². The Kier molecular flexibility index (Phi) is 7.78. The number of hydroxylamine groups is 2. The Bertz CT molecular complexity index is 796. The zero-order valence-corrected chi connectivity index (χ0v) is 17.5. The Labute approximate surface area is 171 Å². The molecule has 8 heteroatoms. The summed E-state index contributed by atoms with van der Waals surface area (Å²) in [7, 11) is 0. The van der Waals surface area contributed by atoms with E-state index in [-0.39, 0.29) is 25.5 Å². The maximum atomic E-state index is 13.0. The van der Waals surface area contributed by atoms with Gasteiger partial charge in [-0.1, -0.05) is 25.1 Å². The molecule has 3 N–H and O–H groups in total. The third-order valence-electron chi connectivity index (χ3n) is 3.85. The van der Waals surface area contributed by atoms with E-state index in [0.29, 0.717) is 18.0 Å². The molecule has 0 fully saturated rings. The van der Waals surface area contributed by atoms with Crippen LogP contribution in [0.3, 0.4) is 0 Å². The van der Waals surface area contributed by atoms with Crippen molar-refractivity contribution >= 4 is 29.6 Å². The van der Waals surface area contributed by atoms with Crippen LogP contribution in [0.5, 0.6) is 0 Å². The summed E-state index contributed by atoms with van der Waals surface area (Å²) in [6.07, 6.45) is 2.24. The topological polar surface area (TPSA) is 106 Å². The molecule has 0 saturated heterocycles. The first-order valence-corrected chi connectivity index (χ1v) is 9.74. The molecule has 1 aliphatic heterocycles. The molecule has 2 rings (SSSR count). The van der Waals surface area contributed by atoms with E-state index in [1.165, 1.54) is 5.06 Å². The van der Waals surface area contributed by atoms with Crippen molar-refractivity contribution in [2.75, 3.05) is 19.7 Å². The average Bonchev–Trinajstić information content (AvgIpc) is 2.80. The molecule has 0 radical (unpaired) electrons. The number of nitrogens with two attached hydrogens (primary N) is 1. The fourth-order valence-corrected chi connectivity index (χ4v) is 2.69. The van der Waals surface area contributed by atoms with E-state index in [2.05, 4.69) is 10.3 Å². The number of para-hydroxylation sites is 1. The van der Waals surface area contributed by atoms with E-state index < -0.39 is 11.7 Å². The number of ether oxygens (including phenoxy) is 1. The van der Waals surface area contributed by atoms with Crippen molar-refractivity contribution in [1.82, 2.24) is 10.4 Å². The summed E-state index contributed by atoms with van der Waals surface area (Å²) in [4.78, 5) is 34.7. The fraction of sp³-hybridized carbons (Fsp3) is 0.476. The number of benzene rings is 1. The van der Waals surface area contributed by atoms with Gasteiger partial charge < -0.3 is 15.8 Å². The third-order valence-corrected chi connectivity index (χ3v) is 3.85. The molecule has 0 bridgehead atoms. The number of alkyl carbamates (subject to hydrolysis) is 1. The molecular formula is C21H30N4O4. The number of carbonyl (C=O) groups excluding carboxylic acids is 2. The number of nitrogens with zero attached hydrogens (tertiary/aromatic N) is 2. The molecule has 0 unspecified atom stereocenters. The SMILES string of the molecule is CCCN(OCCNC(=O)OC(C)(C)C)C(=O)C1=Cc2ccccc2N=C(N)C1. The van der Waals surface area contributed by atoms with Crippen molar-refractivity contribution in [3.63, 3.8) is 0 Å². The number of carbonyl (C=O) groups is 2. The van der Waals surface area contributed by atoms with Crippen LogP contribution in [0.2, 0.25) is 0 Å². The summed E-state index contributed by atoms with van der Waals surface area (Å²) in [5.74, 6) is 0.108. The summed E-state index contributed by atoms with van der Waals surface area (Å²) in [6, 6.07) is 7.51. The lowest BCUT2D eigenvalue weighted by molar-refractivity contribution is -0.181. The smallest absolute Gasteiger partial charge is 0.407 e. The van der Waals surface area contributed by atoms with Gasteiger partial charge in [-0.2, -0.15) is 0 Å². The van der Waals surface area contributed by atoms with Gasteiger partial charge in [0.05, 0.1) is 12.3 Å². The van der Waals surface area contributed by atoms with Crippen LogP contribution in [0.4, 0.5) is 10.5 Å². The summed E-state index contributed by atoms with van der Waals surface area (Å²) in [5.41, 5.74) is 7.49. The maximum Gasteiger partial charge on any atom is 0.407 e. The van der Waals surface area contributed by atoms with Crippen molar-refractivity contribution in [3.8, 4) is 0 Å². The van der Waals surface area contributed by atoms with Gasteiger partial charge in [-0.3, -0.25) is 9.63 Å². The summed E-state index contributed by atoms with van der Waals surface area (Å²) >= 11 is 0. The van der Waals surface area contributed by atoms with Crippen molar-refractivity contribution in [3.05, 3.63) is 35.4 Å². The molecule has 1 heterocycles. The minimum absolute atomic E-state index is 0.137. The van der Waals surface area contributed by atoms with E-state index >= 15 is 0 Å². The number of rotatable bonds is 7. The normalized spacial score (nSPS) is 13.5. The van der Waals surface area contributed by atoms with Crippen LogP contribution >= 0.6 is 0 Å². The fourth-order valence-electron chi connectivity index (χ4n) is 2.69. The predicted molar refractivity (Wildman–Crippen MR) is 113 cm³/mol. The van der Waals surface area contributed by atoms with Gasteiger partial charge in [-0.25, -0.2) is 14.9 Å². The Morgan fingerprint density at radius 2 is 2.00 bits per heavy atom. The van der Waals surface area contributed by atoms with Gasteiger partial charge in [-0.05, 0) is 39.3 Å². The van der Waals surface area contributed by atoms with Crippen LogP contribution in [0.1, 0.15) is 46.1 Å². The van der Waals surface area contributed by atoms with Gasteiger partial charge in [-0.15, -0.1) is 0 Å². The monoisotopic (exact) mass is 402 g/mol. The zero-order chi connectivity index (χ0) is 21.4. The number of hydrogen-bond donors (Lipinski definition) is 2. The van der Waals surface area contributed by atoms with E-state index in [4.69, 9.17) is 15.3 Å². The number of amides is 2. The lowest BCUT2D eigenvalue weighted by Crippen LogP contribution is -2.38. The van der Waals surface area contributed by atoms with Gasteiger partial charge in [0, 0.05) is 30.6 Å². The van der Waals surface area contributed by atoms with Crippen molar-refractivity contribution < 1.29 is 19.2 Å². The van der Waals surface area contributed by atoms with Crippen molar-refractivity contribution in [2.24, 2.45) is 10.7 Å². The van der Waals surface area contributed by atoms with Gasteiger partial charge >= 0.3 is 6.09 Å². The Balaban J connectivity index is 2.00. The minimum Gasteiger partial charge on any atom is -0.444 e. The molecule has 0 atom stereocenters. The van der Waals surface area contributed by atoms with E-state index in [1.807, 2.05) is 31.2 Å². The number of nitrogens with one attached hydrogen (secondary N) is 1. The van der Waals surface area contributed by atoms with Crippen LogP contribution in [-0.2, 0) is 14.4 Å². The first-order chi connectivity index (χ1) is 13.7. The molecule has 158 valence electrons. The van der Waals surface area contributed by atoms with E-state index in [1.54, 1.807) is 26.8 Å². The molecule has 2 amide bonds. The van der Waals surface area contributed by atoms with Crippen LogP contribution in [0, 0.1) is 0 Å². The van der Waals surface area contributed by atoms with Gasteiger partial charge in [0.1, 0.15) is 11.4 Å². The molecule has 8 nitrogen and oxygen atoms in total. The van der Waals surface area contributed by atoms with Crippen LogP contribution in [-0.4, -0.2) is 48.2 Å².